The standard InChI is InChI=1S/C19H18N2O2/c1-2-7-16-8-3-4-9-18(16)23-15-6-5-12-21-19(22)17-10-13-20-14-11-17/h2-4,8-11,13-14H,1,7,12,15H2,(H,21,22). The quantitative estimate of drug-likeness (QED) is 0.659. The largest absolute Gasteiger partial charge is 0.481 e. The van der Waals surface area contributed by atoms with Crippen LogP contribution in [-0.4, -0.2) is 24.0 Å². The number of pyridine rings is 1. The minimum absolute atomic E-state index is 0.168. The molecule has 0 spiro atoms. The molecule has 2 rings (SSSR count). The van der Waals surface area contributed by atoms with Gasteiger partial charge >= 0.3 is 0 Å². The van der Waals surface area contributed by atoms with E-state index in [0.29, 0.717) is 5.56 Å². The first kappa shape index (κ1) is 16.3. The Hall–Kier alpha value is -3.06. The highest BCUT2D eigenvalue weighted by Crippen LogP contribution is 2.18. The second-order valence-electron chi connectivity index (χ2n) is 4.66. The molecule has 0 atom stereocenters. The van der Waals surface area contributed by atoms with Crippen molar-refractivity contribution in [1.82, 2.24) is 10.3 Å². The molecule has 4 heteroatoms. The minimum Gasteiger partial charge on any atom is -0.481 e. The van der Waals surface area contributed by atoms with E-state index >= 15 is 0 Å². The van der Waals surface area contributed by atoms with Gasteiger partial charge in [-0.1, -0.05) is 36.1 Å². The summed E-state index contributed by atoms with van der Waals surface area (Å²) in [4.78, 5) is 15.6. The first-order valence-electron chi connectivity index (χ1n) is 7.27. The molecule has 1 aromatic heterocycles. The summed E-state index contributed by atoms with van der Waals surface area (Å²) in [6, 6.07) is 11.1. The van der Waals surface area contributed by atoms with Crippen molar-refractivity contribution < 1.29 is 9.53 Å². The molecule has 0 aliphatic heterocycles. The summed E-state index contributed by atoms with van der Waals surface area (Å²) in [6.45, 7) is 4.29. The van der Waals surface area contributed by atoms with Crippen molar-refractivity contribution >= 4 is 5.91 Å². The number of hydrogen-bond donors (Lipinski definition) is 1. The van der Waals surface area contributed by atoms with Crippen molar-refractivity contribution in [3.63, 3.8) is 0 Å². The lowest BCUT2D eigenvalue weighted by Crippen LogP contribution is -2.23. The van der Waals surface area contributed by atoms with Crippen LogP contribution >= 0.6 is 0 Å². The lowest BCUT2D eigenvalue weighted by molar-refractivity contribution is 0.0958. The average molecular weight is 306 g/mol. The van der Waals surface area contributed by atoms with Crippen molar-refractivity contribution in [2.24, 2.45) is 0 Å². The molecule has 0 saturated carbocycles. The van der Waals surface area contributed by atoms with E-state index in [4.69, 9.17) is 4.74 Å². The number of para-hydroxylation sites is 1. The highest BCUT2D eigenvalue weighted by Gasteiger charge is 2.02. The summed E-state index contributed by atoms with van der Waals surface area (Å²) in [5.41, 5.74) is 1.65. The normalized spacial score (nSPS) is 9.39. The minimum atomic E-state index is -0.168. The highest BCUT2D eigenvalue weighted by molar-refractivity contribution is 5.94. The van der Waals surface area contributed by atoms with Crippen LogP contribution in [0.2, 0.25) is 0 Å². The van der Waals surface area contributed by atoms with Gasteiger partial charge in [-0.25, -0.2) is 0 Å². The molecule has 0 bridgehead atoms. The number of allylic oxidation sites excluding steroid dienone is 1. The number of amides is 1. The summed E-state index contributed by atoms with van der Waals surface area (Å²) in [7, 11) is 0. The monoisotopic (exact) mass is 306 g/mol. The number of hydrogen-bond acceptors (Lipinski definition) is 3. The Morgan fingerprint density at radius 3 is 2.78 bits per heavy atom. The number of aromatic nitrogens is 1. The van der Waals surface area contributed by atoms with Crippen LogP contribution in [0.4, 0.5) is 0 Å². The Labute approximate surface area is 136 Å². The molecule has 0 aliphatic rings. The van der Waals surface area contributed by atoms with Crippen molar-refractivity contribution in [3.05, 3.63) is 72.6 Å². The summed E-state index contributed by atoms with van der Waals surface area (Å²) >= 11 is 0. The van der Waals surface area contributed by atoms with Crippen molar-refractivity contribution in [2.45, 2.75) is 6.42 Å². The summed E-state index contributed by atoms with van der Waals surface area (Å²) < 4.78 is 5.64. The van der Waals surface area contributed by atoms with E-state index in [1.54, 1.807) is 24.5 Å². The van der Waals surface area contributed by atoms with E-state index in [0.717, 1.165) is 17.7 Å². The molecule has 1 N–H and O–H groups in total. The summed E-state index contributed by atoms with van der Waals surface area (Å²) in [6.07, 6.45) is 5.75. The molecule has 1 aromatic carbocycles. The molecule has 0 saturated heterocycles. The van der Waals surface area contributed by atoms with Gasteiger partial charge in [-0.15, -0.1) is 6.58 Å². The smallest absolute Gasteiger partial charge is 0.252 e. The zero-order valence-electron chi connectivity index (χ0n) is 12.8. The summed E-state index contributed by atoms with van der Waals surface area (Å²) in [5.74, 6) is 6.39. The molecular weight excluding hydrogens is 288 g/mol. The third kappa shape index (κ3) is 5.33. The van der Waals surface area contributed by atoms with Gasteiger partial charge in [0.15, 0.2) is 0 Å². The Bertz CT molecular complexity index is 715. The average Bonchev–Trinajstić information content (AvgIpc) is 2.60. The van der Waals surface area contributed by atoms with E-state index in [9.17, 15) is 4.79 Å². The maximum absolute atomic E-state index is 11.8. The van der Waals surface area contributed by atoms with Gasteiger partial charge < -0.3 is 10.1 Å². The lowest BCUT2D eigenvalue weighted by atomic mass is 10.1. The summed E-state index contributed by atoms with van der Waals surface area (Å²) in [5, 5.41) is 2.72. The van der Waals surface area contributed by atoms with E-state index in [2.05, 4.69) is 28.7 Å². The number of nitrogens with one attached hydrogen (secondary N) is 1. The third-order valence-corrected chi connectivity index (χ3v) is 3.04. The van der Waals surface area contributed by atoms with Crippen molar-refractivity contribution in [3.8, 4) is 17.6 Å². The Morgan fingerprint density at radius 2 is 2.00 bits per heavy atom. The van der Waals surface area contributed by atoms with E-state index in [-0.39, 0.29) is 19.1 Å². The number of rotatable bonds is 6. The van der Waals surface area contributed by atoms with E-state index in [1.165, 1.54) is 0 Å². The molecule has 1 heterocycles. The van der Waals surface area contributed by atoms with Gasteiger partial charge in [0.25, 0.3) is 5.91 Å². The van der Waals surface area contributed by atoms with E-state index in [1.807, 2.05) is 30.3 Å². The van der Waals surface area contributed by atoms with Crippen LogP contribution in [0.15, 0.2) is 61.4 Å². The van der Waals surface area contributed by atoms with Crippen LogP contribution in [-0.2, 0) is 6.42 Å². The predicted molar refractivity (Wildman–Crippen MR) is 90.2 cm³/mol. The van der Waals surface area contributed by atoms with Gasteiger partial charge in [-0.3, -0.25) is 9.78 Å². The van der Waals surface area contributed by atoms with Crippen LogP contribution in [0, 0.1) is 11.8 Å². The van der Waals surface area contributed by atoms with Crippen LogP contribution < -0.4 is 10.1 Å². The van der Waals surface area contributed by atoms with E-state index < -0.39 is 0 Å². The maximum atomic E-state index is 11.8. The number of benzene rings is 1. The molecule has 2 aromatic rings. The SMILES string of the molecule is C=CCc1ccccc1OCC#CCNC(=O)c1ccncc1. The van der Waals surface area contributed by atoms with Crippen LogP contribution in [0.1, 0.15) is 15.9 Å². The molecule has 0 aliphatic carbocycles. The lowest BCUT2D eigenvalue weighted by Gasteiger charge is -2.07. The highest BCUT2D eigenvalue weighted by atomic mass is 16.5. The maximum Gasteiger partial charge on any atom is 0.252 e. The molecule has 116 valence electrons. The molecular formula is C19H18N2O2. The van der Waals surface area contributed by atoms with Crippen LogP contribution in [0.5, 0.6) is 5.75 Å². The molecule has 23 heavy (non-hydrogen) atoms. The molecule has 0 unspecified atom stereocenters. The number of carbonyl (C=O) groups is 1. The fraction of sp³-hybridized carbons (Fsp3) is 0.158. The van der Waals surface area contributed by atoms with Crippen LogP contribution in [0.25, 0.3) is 0 Å². The second kappa shape index (κ2) is 9.06. The number of carbonyl (C=O) groups excluding carboxylic acids is 1. The van der Waals surface area contributed by atoms with Gasteiger partial charge in [0.05, 0.1) is 6.54 Å². The predicted octanol–water partition coefficient (Wildman–Crippen LogP) is 2.62. The molecule has 0 radical (unpaired) electrons. The topological polar surface area (TPSA) is 51.2 Å². The van der Waals surface area contributed by atoms with Crippen molar-refractivity contribution in [2.75, 3.05) is 13.2 Å². The fourth-order valence-corrected chi connectivity index (χ4v) is 1.93. The zero-order chi connectivity index (χ0) is 16.3. The van der Waals surface area contributed by atoms with Gasteiger partial charge in [-0.05, 0) is 30.2 Å². The van der Waals surface area contributed by atoms with Gasteiger partial charge in [0.1, 0.15) is 12.4 Å². The molecule has 4 nitrogen and oxygen atoms in total. The first-order valence-corrected chi connectivity index (χ1v) is 7.27. The van der Waals surface area contributed by atoms with Crippen molar-refractivity contribution in [1.29, 1.82) is 0 Å². The third-order valence-electron chi connectivity index (χ3n) is 3.04. The Balaban J connectivity index is 1.76. The first-order chi connectivity index (χ1) is 11.3. The number of ether oxygens (including phenoxy) is 1. The van der Waals surface area contributed by atoms with Gasteiger partial charge in [0.2, 0.25) is 0 Å². The van der Waals surface area contributed by atoms with Gasteiger partial charge in [-0.2, -0.15) is 0 Å². The molecule has 0 fully saturated rings. The fourth-order valence-electron chi connectivity index (χ4n) is 1.93. The second-order valence-corrected chi connectivity index (χ2v) is 4.66. The number of nitrogens with zero attached hydrogens (tertiary/aromatic N) is 1. The van der Waals surface area contributed by atoms with Gasteiger partial charge in [0, 0.05) is 18.0 Å². The van der Waals surface area contributed by atoms with Crippen LogP contribution in [0.3, 0.4) is 0 Å². The Kier molecular flexibility index (Phi) is 6.43. The zero-order valence-corrected chi connectivity index (χ0v) is 12.8. The Morgan fingerprint density at radius 1 is 1.22 bits per heavy atom. The molecule has 1 amide bonds.